The molecule has 1 aromatic rings. The Bertz CT molecular complexity index is 555. The number of hydrogen-bond donors (Lipinski definition) is 1. The highest BCUT2D eigenvalue weighted by Gasteiger charge is 2.33. The molecule has 1 fully saturated rings. The number of carbonyl (C=O) groups is 1. The zero-order valence-corrected chi connectivity index (χ0v) is 11.9. The number of amides is 1. The summed E-state index contributed by atoms with van der Waals surface area (Å²) in [6, 6.07) is 7.94. The zero-order valence-electron chi connectivity index (χ0n) is 11.0. The Morgan fingerprint density at radius 2 is 1.89 bits per heavy atom. The molecule has 1 aromatic carbocycles. The first-order valence-electron chi connectivity index (χ1n) is 6.27. The van der Waals surface area contributed by atoms with Crippen molar-refractivity contribution in [3.05, 3.63) is 30.3 Å². The van der Waals surface area contributed by atoms with Gasteiger partial charge in [0.05, 0.1) is 4.90 Å². The van der Waals surface area contributed by atoms with Crippen molar-refractivity contribution < 1.29 is 13.2 Å². The van der Waals surface area contributed by atoms with Gasteiger partial charge in [0.15, 0.2) is 0 Å². The van der Waals surface area contributed by atoms with Gasteiger partial charge in [0, 0.05) is 25.0 Å². The van der Waals surface area contributed by atoms with Crippen LogP contribution in [-0.2, 0) is 14.8 Å². The molecule has 1 aliphatic heterocycles. The molecule has 5 nitrogen and oxygen atoms in total. The number of nitrogens with zero attached hydrogens (tertiary/aromatic N) is 1. The van der Waals surface area contributed by atoms with E-state index in [0.29, 0.717) is 6.54 Å². The van der Waals surface area contributed by atoms with Gasteiger partial charge in [-0.25, -0.2) is 13.1 Å². The van der Waals surface area contributed by atoms with E-state index in [-0.39, 0.29) is 29.3 Å². The van der Waals surface area contributed by atoms with E-state index in [1.165, 1.54) is 0 Å². The smallest absolute Gasteiger partial charge is 0.240 e. The first kappa shape index (κ1) is 14.0. The van der Waals surface area contributed by atoms with Crippen LogP contribution in [0, 0.1) is 0 Å². The molecule has 1 N–H and O–H groups in total. The van der Waals surface area contributed by atoms with Crippen LogP contribution in [-0.4, -0.2) is 37.9 Å². The molecule has 1 saturated heterocycles. The largest absolute Gasteiger partial charge is 0.339 e. The molecule has 1 heterocycles. The van der Waals surface area contributed by atoms with Gasteiger partial charge in [-0.2, -0.15) is 0 Å². The Morgan fingerprint density at radius 3 is 2.42 bits per heavy atom. The maximum atomic E-state index is 12.1. The molecule has 0 radical (unpaired) electrons. The highest BCUT2D eigenvalue weighted by Crippen LogP contribution is 2.17. The summed E-state index contributed by atoms with van der Waals surface area (Å²) in [7, 11) is -3.55. The summed E-state index contributed by atoms with van der Waals surface area (Å²) in [6.45, 7) is 4.28. The van der Waals surface area contributed by atoms with E-state index in [4.69, 9.17) is 0 Å². The topological polar surface area (TPSA) is 66.5 Å². The van der Waals surface area contributed by atoms with E-state index in [0.717, 1.165) is 0 Å². The molecule has 6 heteroatoms. The normalized spacial score (nSPS) is 20.3. The molecular formula is C13H18N2O3S. The lowest BCUT2D eigenvalue weighted by Crippen LogP contribution is -2.38. The Hall–Kier alpha value is -1.40. The maximum absolute atomic E-state index is 12.1. The highest BCUT2D eigenvalue weighted by atomic mass is 32.2. The molecule has 0 saturated carbocycles. The van der Waals surface area contributed by atoms with Crippen LogP contribution in [0.2, 0.25) is 0 Å². The van der Waals surface area contributed by atoms with E-state index in [2.05, 4.69) is 4.72 Å². The Kier molecular flexibility index (Phi) is 3.91. The van der Waals surface area contributed by atoms with E-state index < -0.39 is 10.0 Å². The van der Waals surface area contributed by atoms with Crippen molar-refractivity contribution in [3.63, 3.8) is 0 Å². The lowest BCUT2D eigenvalue weighted by atomic mass is 10.3. The Labute approximate surface area is 113 Å². The number of carbonyl (C=O) groups excluding carboxylic acids is 1. The van der Waals surface area contributed by atoms with Crippen molar-refractivity contribution in [3.8, 4) is 0 Å². The van der Waals surface area contributed by atoms with Crippen molar-refractivity contribution in [1.82, 2.24) is 9.62 Å². The lowest BCUT2D eigenvalue weighted by Gasteiger charge is -2.21. The van der Waals surface area contributed by atoms with Crippen LogP contribution in [0.3, 0.4) is 0 Å². The average Bonchev–Trinajstić information content (AvgIpc) is 2.71. The summed E-state index contributed by atoms with van der Waals surface area (Å²) >= 11 is 0. The minimum atomic E-state index is -3.55. The number of nitrogens with one attached hydrogen (secondary N) is 1. The van der Waals surface area contributed by atoms with Gasteiger partial charge in [-0.1, -0.05) is 18.2 Å². The van der Waals surface area contributed by atoms with E-state index in [9.17, 15) is 13.2 Å². The van der Waals surface area contributed by atoms with Crippen LogP contribution in [0.15, 0.2) is 35.2 Å². The molecule has 19 heavy (non-hydrogen) atoms. The van der Waals surface area contributed by atoms with Crippen molar-refractivity contribution in [2.45, 2.75) is 37.2 Å². The second-order valence-electron chi connectivity index (χ2n) is 4.98. The van der Waals surface area contributed by atoms with Crippen LogP contribution >= 0.6 is 0 Å². The van der Waals surface area contributed by atoms with Crippen LogP contribution in [0.1, 0.15) is 20.3 Å². The second kappa shape index (κ2) is 5.30. The number of hydrogen-bond acceptors (Lipinski definition) is 3. The first-order valence-corrected chi connectivity index (χ1v) is 7.75. The first-order chi connectivity index (χ1) is 8.90. The van der Waals surface area contributed by atoms with Crippen molar-refractivity contribution in [1.29, 1.82) is 0 Å². The minimum Gasteiger partial charge on any atom is -0.339 e. The fourth-order valence-electron chi connectivity index (χ4n) is 2.20. The van der Waals surface area contributed by atoms with Gasteiger partial charge in [0.1, 0.15) is 0 Å². The standard InChI is InChI=1S/C13H18N2O3S/c1-10(2)15-9-11(8-13(15)16)14-19(17,18)12-6-4-3-5-7-12/h3-7,10-11,14H,8-9H2,1-2H3. The zero-order chi connectivity index (χ0) is 14.0. The molecule has 0 bridgehead atoms. The average molecular weight is 282 g/mol. The van der Waals surface area contributed by atoms with Gasteiger partial charge in [0.25, 0.3) is 0 Å². The molecule has 0 aliphatic carbocycles. The molecular weight excluding hydrogens is 264 g/mol. The van der Waals surface area contributed by atoms with E-state index in [1.807, 2.05) is 13.8 Å². The summed E-state index contributed by atoms with van der Waals surface area (Å²) in [4.78, 5) is 13.7. The molecule has 1 unspecified atom stereocenters. The van der Waals surface area contributed by atoms with Crippen LogP contribution in [0.5, 0.6) is 0 Å². The van der Waals surface area contributed by atoms with Crippen LogP contribution < -0.4 is 4.72 Å². The monoisotopic (exact) mass is 282 g/mol. The van der Waals surface area contributed by atoms with Gasteiger partial charge >= 0.3 is 0 Å². The van der Waals surface area contributed by atoms with Crippen molar-refractivity contribution >= 4 is 15.9 Å². The van der Waals surface area contributed by atoms with Gasteiger partial charge in [-0.3, -0.25) is 4.79 Å². The molecule has 2 rings (SSSR count). The molecule has 0 aromatic heterocycles. The number of likely N-dealkylation sites (tertiary alicyclic amines) is 1. The minimum absolute atomic E-state index is 0.00392. The summed E-state index contributed by atoms with van der Waals surface area (Å²) in [5.41, 5.74) is 0. The second-order valence-corrected chi connectivity index (χ2v) is 6.69. The third kappa shape index (κ3) is 3.13. The number of benzene rings is 1. The van der Waals surface area contributed by atoms with Crippen molar-refractivity contribution in [2.75, 3.05) is 6.54 Å². The number of rotatable bonds is 4. The predicted molar refractivity (Wildman–Crippen MR) is 72.0 cm³/mol. The summed E-state index contributed by atoms with van der Waals surface area (Å²) < 4.78 is 26.9. The van der Waals surface area contributed by atoms with Crippen LogP contribution in [0.4, 0.5) is 0 Å². The SMILES string of the molecule is CC(C)N1CC(NS(=O)(=O)c2ccccc2)CC1=O. The number of sulfonamides is 1. The third-order valence-corrected chi connectivity index (χ3v) is 4.69. The fraction of sp³-hybridized carbons (Fsp3) is 0.462. The lowest BCUT2D eigenvalue weighted by molar-refractivity contribution is -0.129. The Balaban J connectivity index is 2.09. The van der Waals surface area contributed by atoms with Gasteiger partial charge in [-0.05, 0) is 26.0 Å². The molecule has 0 spiro atoms. The van der Waals surface area contributed by atoms with E-state index >= 15 is 0 Å². The van der Waals surface area contributed by atoms with Gasteiger partial charge < -0.3 is 4.90 Å². The van der Waals surface area contributed by atoms with E-state index in [1.54, 1.807) is 35.2 Å². The third-order valence-electron chi connectivity index (χ3n) is 3.16. The Morgan fingerprint density at radius 1 is 1.26 bits per heavy atom. The summed E-state index contributed by atoms with van der Waals surface area (Å²) in [5, 5.41) is 0. The summed E-state index contributed by atoms with van der Waals surface area (Å²) in [5.74, 6) is -0.00392. The maximum Gasteiger partial charge on any atom is 0.240 e. The quantitative estimate of drug-likeness (QED) is 0.895. The molecule has 1 aliphatic rings. The molecule has 1 atom stereocenters. The molecule has 1 amide bonds. The fourth-order valence-corrected chi connectivity index (χ4v) is 3.44. The molecule has 104 valence electrons. The summed E-state index contributed by atoms with van der Waals surface area (Å²) in [6.07, 6.45) is 0.226. The van der Waals surface area contributed by atoms with Crippen LogP contribution in [0.25, 0.3) is 0 Å². The van der Waals surface area contributed by atoms with Crippen molar-refractivity contribution in [2.24, 2.45) is 0 Å². The highest BCUT2D eigenvalue weighted by molar-refractivity contribution is 7.89. The van der Waals surface area contributed by atoms with Gasteiger partial charge in [-0.15, -0.1) is 0 Å². The van der Waals surface area contributed by atoms with Gasteiger partial charge in [0.2, 0.25) is 15.9 Å². The predicted octanol–water partition coefficient (Wildman–Crippen LogP) is 0.974.